The molecule has 4 heteroatoms. The zero-order valence-electron chi connectivity index (χ0n) is 13.2. The van der Waals surface area contributed by atoms with Gasteiger partial charge < -0.3 is 4.74 Å². The number of benzene rings is 2. The molecule has 0 radical (unpaired) electrons. The second kappa shape index (κ2) is 6.62. The van der Waals surface area contributed by atoms with Crippen LogP contribution in [0.1, 0.15) is 31.9 Å². The van der Waals surface area contributed by atoms with Crippen LogP contribution in [-0.2, 0) is 10.2 Å². The molecule has 0 bridgehead atoms. The molecule has 0 aliphatic heterocycles. The third kappa shape index (κ3) is 3.46. The minimum Gasteiger partial charge on any atom is -0.481 e. The Hall–Kier alpha value is -2.33. The summed E-state index contributed by atoms with van der Waals surface area (Å²) in [5.74, 6) is 5.38. The van der Waals surface area contributed by atoms with E-state index in [2.05, 4.69) is 31.4 Å². The molecule has 2 aromatic carbocycles. The van der Waals surface area contributed by atoms with Crippen molar-refractivity contribution in [3.63, 3.8) is 0 Å². The number of carbonyl (C=O) groups is 1. The molecule has 1 atom stereocenters. The quantitative estimate of drug-likeness (QED) is 0.507. The van der Waals surface area contributed by atoms with Gasteiger partial charge in [0.2, 0.25) is 0 Å². The van der Waals surface area contributed by atoms with Crippen molar-refractivity contribution in [3.05, 3.63) is 65.7 Å². The molecule has 0 saturated heterocycles. The maximum atomic E-state index is 11.4. The zero-order valence-corrected chi connectivity index (χ0v) is 13.2. The topological polar surface area (TPSA) is 64.3 Å². The van der Waals surface area contributed by atoms with Gasteiger partial charge in [-0.3, -0.25) is 10.2 Å². The van der Waals surface area contributed by atoms with E-state index in [-0.39, 0.29) is 11.3 Å². The largest absolute Gasteiger partial charge is 0.481 e. The van der Waals surface area contributed by atoms with Crippen LogP contribution in [0.4, 0.5) is 0 Å². The van der Waals surface area contributed by atoms with Crippen LogP contribution in [0.2, 0.25) is 0 Å². The van der Waals surface area contributed by atoms with Crippen molar-refractivity contribution >= 4 is 5.91 Å². The van der Waals surface area contributed by atoms with E-state index in [9.17, 15) is 4.79 Å². The summed E-state index contributed by atoms with van der Waals surface area (Å²) in [5.41, 5.74) is 4.41. The first-order chi connectivity index (χ1) is 10.4. The molecule has 116 valence electrons. The number of hydrogen-bond acceptors (Lipinski definition) is 3. The third-order valence-electron chi connectivity index (χ3n) is 3.90. The van der Waals surface area contributed by atoms with Crippen molar-refractivity contribution in [2.24, 2.45) is 5.84 Å². The van der Waals surface area contributed by atoms with E-state index in [0.717, 1.165) is 0 Å². The Balaban J connectivity index is 2.17. The molecule has 2 rings (SSSR count). The summed E-state index contributed by atoms with van der Waals surface area (Å²) in [6, 6.07) is 18.1. The fourth-order valence-corrected chi connectivity index (χ4v) is 2.35. The number of rotatable bonds is 5. The van der Waals surface area contributed by atoms with Gasteiger partial charge in [0.1, 0.15) is 5.75 Å². The predicted molar refractivity (Wildman–Crippen MR) is 87.4 cm³/mol. The van der Waals surface area contributed by atoms with Gasteiger partial charge in [0.25, 0.3) is 5.91 Å². The number of nitrogens with two attached hydrogens (primary N) is 1. The molecule has 0 spiro atoms. The van der Waals surface area contributed by atoms with Gasteiger partial charge in [-0.2, -0.15) is 0 Å². The average molecular weight is 298 g/mol. The molecular formula is C18H22N2O2. The highest BCUT2D eigenvalue weighted by Gasteiger charge is 2.23. The molecule has 0 heterocycles. The molecule has 0 saturated carbocycles. The minimum absolute atomic E-state index is 0.0972. The van der Waals surface area contributed by atoms with E-state index in [0.29, 0.717) is 5.75 Å². The van der Waals surface area contributed by atoms with Crippen LogP contribution < -0.4 is 16.0 Å². The standard InChI is InChI=1S/C18H22N2O2/c1-13(17(21)20-19)22-16-11-9-15(10-12-16)18(2,3)14-7-5-4-6-8-14/h4-13H,19H2,1-3H3,(H,20,21)/t13-/m1/s1. The minimum atomic E-state index is -0.627. The molecule has 0 aliphatic carbocycles. The maximum absolute atomic E-state index is 11.4. The summed E-state index contributed by atoms with van der Waals surface area (Å²) < 4.78 is 5.55. The number of ether oxygens (including phenoxy) is 1. The van der Waals surface area contributed by atoms with E-state index in [1.54, 1.807) is 6.92 Å². The summed E-state index contributed by atoms with van der Waals surface area (Å²) in [5, 5.41) is 0. The van der Waals surface area contributed by atoms with Gasteiger partial charge in [0, 0.05) is 5.41 Å². The highest BCUT2D eigenvalue weighted by atomic mass is 16.5. The van der Waals surface area contributed by atoms with E-state index in [1.807, 2.05) is 42.5 Å². The van der Waals surface area contributed by atoms with E-state index in [1.165, 1.54) is 11.1 Å². The van der Waals surface area contributed by atoms with Crippen molar-refractivity contribution in [1.82, 2.24) is 5.43 Å². The van der Waals surface area contributed by atoms with Crippen LogP contribution in [0.5, 0.6) is 5.75 Å². The smallest absolute Gasteiger partial charge is 0.274 e. The lowest BCUT2D eigenvalue weighted by molar-refractivity contribution is -0.127. The molecule has 0 unspecified atom stereocenters. The van der Waals surface area contributed by atoms with Crippen molar-refractivity contribution in [2.45, 2.75) is 32.3 Å². The number of nitrogens with one attached hydrogen (secondary N) is 1. The number of hydrazine groups is 1. The van der Waals surface area contributed by atoms with Gasteiger partial charge in [0.05, 0.1) is 0 Å². The summed E-state index contributed by atoms with van der Waals surface area (Å²) in [7, 11) is 0. The van der Waals surface area contributed by atoms with Crippen LogP contribution in [0.3, 0.4) is 0 Å². The maximum Gasteiger partial charge on any atom is 0.274 e. The van der Waals surface area contributed by atoms with Crippen molar-refractivity contribution in [1.29, 1.82) is 0 Å². The molecule has 0 fully saturated rings. The van der Waals surface area contributed by atoms with Gasteiger partial charge in [-0.15, -0.1) is 0 Å². The lowest BCUT2D eigenvalue weighted by Gasteiger charge is -2.26. The Bertz CT molecular complexity index is 621. The first-order valence-electron chi connectivity index (χ1n) is 7.28. The van der Waals surface area contributed by atoms with Crippen molar-refractivity contribution in [2.75, 3.05) is 0 Å². The fraction of sp³-hybridized carbons (Fsp3) is 0.278. The van der Waals surface area contributed by atoms with E-state index >= 15 is 0 Å². The highest BCUT2D eigenvalue weighted by Crippen LogP contribution is 2.32. The van der Waals surface area contributed by atoms with Crippen LogP contribution in [0.25, 0.3) is 0 Å². The molecule has 0 aliphatic rings. The van der Waals surface area contributed by atoms with Gasteiger partial charge in [-0.1, -0.05) is 56.3 Å². The monoisotopic (exact) mass is 298 g/mol. The van der Waals surface area contributed by atoms with Gasteiger partial charge in [-0.25, -0.2) is 5.84 Å². The predicted octanol–water partition coefficient (Wildman–Crippen LogP) is 2.77. The van der Waals surface area contributed by atoms with Gasteiger partial charge in [0.15, 0.2) is 6.10 Å². The van der Waals surface area contributed by atoms with E-state index in [4.69, 9.17) is 10.6 Å². The van der Waals surface area contributed by atoms with Gasteiger partial charge >= 0.3 is 0 Å². The van der Waals surface area contributed by atoms with Crippen LogP contribution in [0.15, 0.2) is 54.6 Å². The molecule has 4 nitrogen and oxygen atoms in total. The van der Waals surface area contributed by atoms with Crippen molar-refractivity contribution in [3.8, 4) is 5.75 Å². The number of carbonyl (C=O) groups excluding carboxylic acids is 1. The summed E-state index contributed by atoms with van der Waals surface area (Å²) >= 11 is 0. The normalized spacial score (nSPS) is 12.5. The Morgan fingerprint density at radius 2 is 1.59 bits per heavy atom. The highest BCUT2D eigenvalue weighted by molar-refractivity contribution is 5.80. The third-order valence-corrected chi connectivity index (χ3v) is 3.90. The average Bonchev–Trinajstić information content (AvgIpc) is 2.55. The molecular weight excluding hydrogens is 276 g/mol. The summed E-state index contributed by atoms with van der Waals surface area (Å²) in [4.78, 5) is 11.4. The Labute approximate surface area is 131 Å². The zero-order chi connectivity index (χ0) is 16.2. The van der Waals surface area contributed by atoms with Crippen LogP contribution in [0, 0.1) is 0 Å². The van der Waals surface area contributed by atoms with Crippen LogP contribution in [-0.4, -0.2) is 12.0 Å². The number of hydrogen-bond donors (Lipinski definition) is 2. The Morgan fingerprint density at radius 1 is 1.05 bits per heavy atom. The first-order valence-corrected chi connectivity index (χ1v) is 7.28. The molecule has 0 aromatic heterocycles. The lowest BCUT2D eigenvalue weighted by atomic mass is 9.78. The molecule has 2 aromatic rings. The Kier molecular flexibility index (Phi) is 4.83. The fourth-order valence-electron chi connectivity index (χ4n) is 2.35. The van der Waals surface area contributed by atoms with Gasteiger partial charge in [-0.05, 0) is 30.2 Å². The molecule has 22 heavy (non-hydrogen) atoms. The van der Waals surface area contributed by atoms with Crippen LogP contribution >= 0.6 is 0 Å². The Morgan fingerprint density at radius 3 is 2.14 bits per heavy atom. The second-order valence-electron chi connectivity index (χ2n) is 5.78. The summed E-state index contributed by atoms with van der Waals surface area (Å²) in [6.45, 7) is 6.02. The van der Waals surface area contributed by atoms with Crippen molar-refractivity contribution < 1.29 is 9.53 Å². The van der Waals surface area contributed by atoms with E-state index < -0.39 is 6.10 Å². The number of amides is 1. The second-order valence-corrected chi connectivity index (χ2v) is 5.78. The summed E-state index contributed by atoms with van der Waals surface area (Å²) in [6.07, 6.45) is -0.627. The molecule has 3 N–H and O–H groups in total. The first kappa shape index (κ1) is 16.0. The lowest BCUT2D eigenvalue weighted by Crippen LogP contribution is -2.40. The SMILES string of the molecule is C[C@@H](Oc1ccc(C(C)(C)c2ccccc2)cc1)C(=O)NN. The molecule has 1 amide bonds.